The van der Waals surface area contributed by atoms with Crippen LogP contribution in [-0.2, 0) is 25.6 Å². The summed E-state index contributed by atoms with van der Waals surface area (Å²) < 4.78 is 10.6. The number of hydrazine groups is 1. The molecule has 1 saturated heterocycles. The van der Waals surface area contributed by atoms with Crippen LogP contribution in [0.15, 0.2) is 23.4 Å². The van der Waals surface area contributed by atoms with E-state index < -0.39 is 17.7 Å². The number of oxime groups is 1. The van der Waals surface area contributed by atoms with E-state index >= 15 is 0 Å². The zero-order valence-electron chi connectivity index (χ0n) is 17.2. The number of ether oxygens (including phenoxy) is 2. The summed E-state index contributed by atoms with van der Waals surface area (Å²) in [4.78, 5) is 45.3. The molecule has 0 radical (unpaired) electrons. The molecule has 0 aromatic heterocycles. The number of nitrogens with two attached hydrogens (primary N) is 1. The summed E-state index contributed by atoms with van der Waals surface area (Å²) in [5.74, 6) is 4.29. The number of methoxy groups -OCH3 is 2. The van der Waals surface area contributed by atoms with Crippen molar-refractivity contribution < 1.29 is 28.7 Å². The van der Waals surface area contributed by atoms with E-state index in [4.69, 9.17) is 20.2 Å². The Morgan fingerprint density at radius 3 is 2.55 bits per heavy atom. The van der Waals surface area contributed by atoms with Gasteiger partial charge < -0.3 is 14.3 Å². The molecule has 5 rings (SSSR count). The molecule has 6 atom stereocenters. The smallest absolute Gasteiger partial charge is 0.283 e. The first-order valence-corrected chi connectivity index (χ1v) is 10.3. The van der Waals surface area contributed by atoms with Crippen LogP contribution in [-0.4, -0.2) is 55.2 Å². The standard InChI is InChI=1S/C21H24N4O6/c1-29-12-4-3-9(7-13(12)30-2)5-6-25-20(27)14-10-8-11(15(14)21(25)28)18-16(10)17(24-31-18)19(26)23-22/h3-4,7,10-11,14-16,18H,5-6,8,22H2,1-2H3,(H,23,26)/t10-,11-,14+,15-,16-,18+/m0/s1. The van der Waals surface area contributed by atoms with Crippen molar-refractivity contribution in [3.8, 4) is 11.5 Å². The minimum absolute atomic E-state index is 0.116. The number of amides is 3. The quantitative estimate of drug-likeness (QED) is 0.279. The Morgan fingerprint density at radius 2 is 1.87 bits per heavy atom. The Balaban J connectivity index is 1.33. The zero-order chi connectivity index (χ0) is 21.9. The van der Waals surface area contributed by atoms with Crippen LogP contribution < -0.4 is 20.7 Å². The molecule has 1 aromatic rings. The fourth-order valence-electron chi connectivity index (χ4n) is 5.95. The summed E-state index contributed by atoms with van der Waals surface area (Å²) in [6.45, 7) is 0.292. The van der Waals surface area contributed by atoms with Crippen LogP contribution >= 0.6 is 0 Å². The molecule has 31 heavy (non-hydrogen) atoms. The van der Waals surface area contributed by atoms with Gasteiger partial charge in [0.2, 0.25) is 11.8 Å². The molecule has 0 spiro atoms. The van der Waals surface area contributed by atoms with Crippen molar-refractivity contribution in [3.63, 3.8) is 0 Å². The molecule has 3 N–H and O–H groups in total. The summed E-state index contributed by atoms with van der Waals surface area (Å²) in [5.41, 5.74) is 3.25. The molecule has 4 aliphatic rings. The largest absolute Gasteiger partial charge is 0.493 e. The second-order valence-corrected chi connectivity index (χ2v) is 8.43. The van der Waals surface area contributed by atoms with Crippen molar-refractivity contribution in [1.82, 2.24) is 10.3 Å². The number of fused-ring (bicyclic) bond motifs is 8. The average Bonchev–Trinajstić information content (AvgIpc) is 3.52. The molecule has 10 nitrogen and oxygen atoms in total. The molecule has 3 amide bonds. The fraction of sp³-hybridized carbons (Fsp3) is 0.524. The lowest BCUT2D eigenvalue weighted by Crippen LogP contribution is -2.46. The van der Waals surface area contributed by atoms with Crippen molar-refractivity contribution in [1.29, 1.82) is 0 Å². The molecule has 2 aliphatic heterocycles. The summed E-state index contributed by atoms with van der Waals surface area (Å²) in [7, 11) is 3.13. The predicted molar refractivity (Wildman–Crippen MR) is 107 cm³/mol. The molecule has 1 aromatic carbocycles. The molecular weight excluding hydrogens is 404 g/mol. The van der Waals surface area contributed by atoms with E-state index in [0.29, 0.717) is 30.9 Å². The maximum absolute atomic E-state index is 13.2. The van der Waals surface area contributed by atoms with E-state index in [0.717, 1.165) is 5.56 Å². The predicted octanol–water partition coefficient (Wildman–Crippen LogP) is -0.142. The molecule has 2 bridgehead atoms. The van der Waals surface area contributed by atoms with E-state index in [2.05, 4.69) is 10.6 Å². The first-order chi connectivity index (χ1) is 15.0. The number of likely N-dealkylation sites (tertiary alicyclic amines) is 1. The van der Waals surface area contributed by atoms with Crippen molar-refractivity contribution in [3.05, 3.63) is 23.8 Å². The third kappa shape index (κ3) is 2.74. The number of nitrogens with one attached hydrogen (secondary N) is 1. The van der Waals surface area contributed by atoms with Crippen molar-refractivity contribution in [2.24, 2.45) is 40.6 Å². The molecule has 2 aliphatic carbocycles. The fourth-order valence-corrected chi connectivity index (χ4v) is 5.95. The lowest BCUT2D eigenvalue weighted by molar-refractivity contribution is -0.141. The van der Waals surface area contributed by atoms with Gasteiger partial charge in [0.15, 0.2) is 17.2 Å². The van der Waals surface area contributed by atoms with Gasteiger partial charge in [-0.3, -0.25) is 24.7 Å². The zero-order valence-corrected chi connectivity index (χ0v) is 17.2. The number of benzene rings is 1. The lowest BCUT2D eigenvalue weighted by Gasteiger charge is -2.29. The lowest BCUT2D eigenvalue weighted by atomic mass is 9.72. The number of carbonyl (C=O) groups is 3. The van der Waals surface area contributed by atoms with Crippen LogP contribution in [0.25, 0.3) is 0 Å². The van der Waals surface area contributed by atoms with Gasteiger partial charge in [-0.1, -0.05) is 11.2 Å². The van der Waals surface area contributed by atoms with Gasteiger partial charge >= 0.3 is 0 Å². The highest BCUT2D eigenvalue weighted by molar-refractivity contribution is 6.40. The van der Waals surface area contributed by atoms with Crippen LogP contribution in [0.1, 0.15) is 12.0 Å². The Hall–Kier alpha value is -3.14. The minimum atomic E-state index is -0.501. The SMILES string of the molecule is COc1ccc(CCN2C(=O)[C@@H]3[C@@H]4C[C@H]([C@H]5ON=C(C(=O)NN)[C@H]45)[C@@H]3C2=O)cc1OC. The summed E-state index contributed by atoms with van der Waals surface area (Å²) >= 11 is 0. The van der Waals surface area contributed by atoms with E-state index in [1.165, 1.54) is 4.90 Å². The van der Waals surface area contributed by atoms with Gasteiger partial charge in [0.05, 0.1) is 32.0 Å². The average molecular weight is 428 g/mol. The molecule has 2 saturated carbocycles. The number of hydrogen-bond donors (Lipinski definition) is 2. The highest BCUT2D eigenvalue weighted by atomic mass is 16.6. The Bertz CT molecular complexity index is 994. The molecule has 0 unspecified atom stereocenters. The molecule has 164 valence electrons. The van der Waals surface area contributed by atoms with Gasteiger partial charge in [-0.2, -0.15) is 0 Å². The van der Waals surface area contributed by atoms with Gasteiger partial charge in [0.1, 0.15) is 6.10 Å². The number of rotatable bonds is 6. The van der Waals surface area contributed by atoms with Crippen molar-refractivity contribution in [2.45, 2.75) is 18.9 Å². The Kier molecular flexibility index (Phi) is 4.62. The van der Waals surface area contributed by atoms with Gasteiger partial charge in [-0.15, -0.1) is 0 Å². The van der Waals surface area contributed by atoms with Gasteiger partial charge in [0.25, 0.3) is 5.91 Å². The number of hydrogen-bond acceptors (Lipinski definition) is 8. The van der Waals surface area contributed by atoms with E-state index in [1.54, 1.807) is 20.3 Å². The van der Waals surface area contributed by atoms with Gasteiger partial charge in [-0.05, 0) is 36.5 Å². The summed E-state index contributed by atoms with van der Waals surface area (Å²) in [6.07, 6.45) is 0.849. The number of carbonyl (C=O) groups excluding carboxylic acids is 3. The van der Waals surface area contributed by atoms with Crippen LogP contribution in [0, 0.1) is 29.6 Å². The van der Waals surface area contributed by atoms with Crippen LogP contribution in [0.2, 0.25) is 0 Å². The third-order valence-electron chi connectivity index (χ3n) is 7.22. The topological polar surface area (TPSA) is 133 Å². The normalized spacial score (nSPS) is 32.5. The van der Waals surface area contributed by atoms with Crippen molar-refractivity contribution in [2.75, 3.05) is 20.8 Å². The first kappa shape index (κ1) is 19.8. The number of imide groups is 1. The monoisotopic (exact) mass is 428 g/mol. The third-order valence-corrected chi connectivity index (χ3v) is 7.22. The highest BCUT2D eigenvalue weighted by Crippen LogP contribution is 2.61. The van der Waals surface area contributed by atoms with Crippen LogP contribution in [0.5, 0.6) is 11.5 Å². The second-order valence-electron chi connectivity index (χ2n) is 8.43. The first-order valence-electron chi connectivity index (χ1n) is 10.3. The summed E-state index contributed by atoms with van der Waals surface area (Å²) in [6, 6.07) is 5.54. The van der Waals surface area contributed by atoms with E-state index in [-0.39, 0.29) is 41.4 Å². The maximum Gasteiger partial charge on any atom is 0.283 e. The van der Waals surface area contributed by atoms with Gasteiger partial charge in [0, 0.05) is 12.5 Å². The van der Waals surface area contributed by atoms with Gasteiger partial charge in [-0.25, -0.2) is 5.84 Å². The van der Waals surface area contributed by atoms with Crippen LogP contribution in [0.4, 0.5) is 0 Å². The summed E-state index contributed by atoms with van der Waals surface area (Å²) in [5, 5.41) is 3.90. The molecule has 2 heterocycles. The van der Waals surface area contributed by atoms with Crippen molar-refractivity contribution >= 4 is 23.4 Å². The highest BCUT2D eigenvalue weighted by Gasteiger charge is 2.70. The van der Waals surface area contributed by atoms with Crippen LogP contribution in [0.3, 0.4) is 0 Å². The van der Waals surface area contributed by atoms with E-state index in [9.17, 15) is 14.4 Å². The Morgan fingerprint density at radius 1 is 1.16 bits per heavy atom. The molecular formula is C21H24N4O6. The number of nitrogens with zero attached hydrogens (tertiary/aromatic N) is 2. The Labute approximate surface area is 178 Å². The molecule has 3 fully saturated rings. The minimum Gasteiger partial charge on any atom is -0.493 e. The van der Waals surface area contributed by atoms with E-state index in [1.807, 2.05) is 12.1 Å². The maximum atomic E-state index is 13.2. The second kappa shape index (κ2) is 7.23. The molecule has 10 heteroatoms.